The van der Waals surface area contributed by atoms with Crippen LogP contribution in [0, 0.1) is 19.8 Å². The summed E-state index contributed by atoms with van der Waals surface area (Å²) in [7, 11) is 0. The van der Waals surface area contributed by atoms with Gasteiger partial charge in [-0.15, -0.1) is 0 Å². The highest BCUT2D eigenvalue weighted by atomic mass is 16.4. The predicted molar refractivity (Wildman–Crippen MR) is 142 cm³/mol. The number of benzene rings is 1. The third-order valence-corrected chi connectivity index (χ3v) is 9.12. The van der Waals surface area contributed by atoms with E-state index in [1.54, 1.807) is 0 Å². The lowest BCUT2D eigenvalue weighted by atomic mass is 9.83. The van der Waals surface area contributed by atoms with Crippen molar-refractivity contribution in [3.63, 3.8) is 0 Å². The topological polar surface area (TPSA) is 75.7 Å². The van der Waals surface area contributed by atoms with Crippen LogP contribution in [0.3, 0.4) is 0 Å². The van der Waals surface area contributed by atoms with E-state index >= 15 is 0 Å². The monoisotopic (exact) mass is 490 g/mol. The van der Waals surface area contributed by atoms with Crippen molar-refractivity contribution < 1.29 is 13.6 Å². The number of piperidine rings is 2. The number of nitrogens with zero attached hydrogens (tertiary/aromatic N) is 1. The number of rotatable bonds is 5. The SMILES string of the molecule is Cc1c(CCC(=O)NC[C@@H]2CCCN3CCCC[C@H]23)c(=O)oc2c(C)c3oc4c(c3cc12)CCCC4. The highest BCUT2D eigenvalue weighted by Gasteiger charge is 2.33. The zero-order chi connectivity index (χ0) is 24.8. The molecular formula is C30H38N2O4. The minimum absolute atomic E-state index is 0.0253. The molecule has 0 spiro atoms. The number of fused-ring (bicyclic) bond motifs is 5. The first-order valence-corrected chi connectivity index (χ1v) is 14.0. The van der Waals surface area contributed by atoms with E-state index in [-0.39, 0.29) is 11.5 Å². The van der Waals surface area contributed by atoms with E-state index in [0.717, 1.165) is 59.0 Å². The maximum atomic E-state index is 13.0. The van der Waals surface area contributed by atoms with Gasteiger partial charge in [0, 0.05) is 52.9 Å². The molecule has 2 fully saturated rings. The van der Waals surface area contributed by atoms with Crippen LogP contribution in [0.1, 0.15) is 79.4 Å². The van der Waals surface area contributed by atoms with Gasteiger partial charge in [0.25, 0.3) is 0 Å². The standard InChI is InChI=1S/C30H38N2O4/c1-18-21(12-13-27(33)31-17-20-8-7-15-32-14-6-5-10-25(20)32)30(34)36-28-19(2)29-24(16-23(18)28)22-9-3-4-11-26(22)35-29/h16,20,25H,3-15,17H2,1-2H3,(H,31,33)/t20-,25+/m0/s1. The zero-order valence-corrected chi connectivity index (χ0v) is 21.7. The summed E-state index contributed by atoms with van der Waals surface area (Å²) >= 11 is 0. The van der Waals surface area contributed by atoms with Crippen LogP contribution in [0.15, 0.2) is 19.7 Å². The fourth-order valence-electron chi connectivity index (χ4n) is 7.09. The predicted octanol–water partition coefficient (Wildman–Crippen LogP) is 5.35. The second-order valence-corrected chi connectivity index (χ2v) is 11.3. The van der Waals surface area contributed by atoms with Crippen molar-refractivity contribution in [1.82, 2.24) is 10.2 Å². The Morgan fingerprint density at radius 1 is 0.972 bits per heavy atom. The molecule has 1 N–H and O–H groups in total. The summed E-state index contributed by atoms with van der Waals surface area (Å²) < 4.78 is 12.0. The molecule has 3 aliphatic rings. The van der Waals surface area contributed by atoms with E-state index in [1.165, 1.54) is 57.2 Å². The second kappa shape index (κ2) is 9.70. The van der Waals surface area contributed by atoms with Gasteiger partial charge >= 0.3 is 5.63 Å². The molecule has 1 aromatic carbocycles. The van der Waals surface area contributed by atoms with Crippen molar-refractivity contribution in [2.75, 3.05) is 19.6 Å². The molecule has 2 aromatic heterocycles. The molecule has 6 nitrogen and oxygen atoms in total. The number of furan rings is 1. The number of carbonyl (C=O) groups is 1. The quantitative estimate of drug-likeness (QED) is 0.488. The largest absolute Gasteiger partial charge is 0.460 e. The molecule has 36 heavy (non-hydrogen) atoms. The molecule has 192 valence electrons. The summed E-state index contributed by atoms with van der Waals surface area (Å²) in [6, 6.07) is 2.77. The summed E-state index contributed by atoms with van der Waals surface area (Å²) in [4.78, 5) is 28.4. The Kier molecular flexibility index (Phi) is 6.40. The number of nitrogens with one attached hydrogen (secondary N) is 1. The Hall–Kier alpha value is -2.60. The van der Waals surface area contributed by atoms with Gasteiger partial charge in [-0.3, -0.25) is 4.79 Å². The molecule has 1 aliphatic carbocycles. The molecule has 0 unspecified atom stereocenters. The lowest BCUT2D eigenvalue weighted by Gasteiger charge is -2.44. The average molecular weight is 491 g/mol. The van der Waals surface area contributed by atoms with Crippen LogP contribution in [0.4, 0.5) is 0 Å². The van der Waals surface area contributed by atoms with Gasteiger partial charge in [0.05, 0.1) is 0 Å². The van der Waals surface area contributed by atoms with Gasteiger partial charge in [0.1, 0.15) is 16.9 Å². The summed E-state index contributed by atoms with van der Waals surface area (Å²) in [6.07, 6.45) is 11.3. The number of carbonyl (C=O) groups excluding carboxylic acids is 1. The Morgan fingerprint density at radius 2 is 1.78 bits per heavy atom. The molecule has 1 amide bonds. The van der Waals surface area contributed by atoms with E-state index in [9.17, 15) is 9.59 Å². The third kappa shape index (κ3) is 4.17. The summed E-state index contributed by atoms with van der Waals surface area (Å²) in [5.41, 5.74) is 4.87. The Morgan fingerprint density at radius 3 is 2.67 bits per heavy atom. The fourth-order valence-corrected chi connectivity index (χ4v) is 7.09. The summed E-state index contributed by atoms with van der Waals surface area (Å²) in [5, 5.41) is 5.30. The Labute approximate surface area is 212 Å². The molecule has 2 atom stereocenters. The number of amides is 1. The Bertz CT molecular complexity index is 1370. The van der Waals surface area contributed by atoms with Crippen molar-refractivity contribution in [1.29, 1.82) is 0 Å². The first kappa shape index (κ1) is 23.8. The van der Waals surface area contributed by atoms with Crippen molar-refractivity contribution in [2.24, 2.45) is 5.92 Å². The second-order valence-electron chi connectivity index (χ2n) is 11.3. The lowest BCUT2D eigenvalue weighted by molar-refractivity contribution is -0.121. The maximum Gasteiger partial charge on any atom is 0.339 e. The molecule has 2 saturated heterocycles. The number of aryl methyl sites for hydroxylation is 4. The minimum Gasteiger partial charge on any atom is -0.460 e. The molecule has 0 radical (unpaired) electrons. The normalized spacial score (nSPS) is 22.5. The van der Waals surface area contributed by atoms with Crippen molar-refractivity contribution in [2.45, 2.75) is 90.5 Å². The molecule has 6 heteroatoms. The van der Waals surface area contributed by atoms with Crippen molar-refractivity contribution >= 4 is 27.8 Å². The molecular weight excluding hydrogens is 452 g/mol. The fraction of sp³-hybridized carbons (Fsp3) is 0.600. The molecule has 2 aliphatic heterocycles. The van der Waals surface area contributed by atoms with Gasteiger partial charge < -0.3 is 19.1 Å². The number of hydrogen-bond acceptors (Lipinski definition) is 5. The first-order chi connectivity index (χ1) is 17.5. The highest BCUT2D eigenvalue weighted by molar-refractivity contribution is 6.00. The van der Waals surface area contributed by atoms with Crippen molar-refractivity contribution in [3.8, 4) is 0 Å². The number of hydrogen-bond donors (Lipinski definition) is 1. The van der Waals surface area contributed by atoms with E-state index < -0.39 is 0 Å². The van der Waals surface area contributed by atoms with Crippen molar-refractivity contribution in [3.05, 3.63) is 44.5 Å². The van der Waals surface area contributed by atoms with Gasteiger partial charge in [-0.2, -0.15) is 0 Å². The zero-order valence-electron chi connectivity index (χ0n) is 21.7. The van der Waals surface area contributed by atoms with Crippen LogP contribution in [0.25, 0.3) is 21.9 Å². The summed E-state index contributed by atoms with van der Waals surface area (Å²) in [6.45, 7) is 7.13. The maximum absolute atomic E-state index is 13.0. The van der Waals surface area contributed by atoms with Crippen LogP contribution in [0.2, 0.25) is 0 Å². The van der Waals surface area contributed by atoms with Gasteiger partial charge in [0.2, 0.25) is 5.91 Å². The van der Waals surface area contributed by atoms with E-state index in [4.69, 9.17) is 8.83 Å². The lowest BCUT2D eigenvalue weighted by Crippen LogP contribution is -2.51. The van der Waals surface area contributed by atoms with Crippen LogP contribution in [0.5, 0.6) is 0 Å². The third-order valence-electron chi connectivity index (χ3n) is 9.12. The average Bonchev–Trinajstić information content (AvgIpc) is 3.27. The molecule has 4 heterocycles. The molecule has 0 bridgehead atoms. The van der Waals surface area contributed by atoms with Crippen LogP contribution >= 0.6 is 0 Å². The van der Waals surface area contributed by atoms with Gasteiger partial charge in [0.15, 0.2) is 0 Å². The van der Waals surface area contributed by atoms with E-state index in [1.807, 2.05) is 13.8 Å². The van der Waals surface area contributed by atoms with E-state index in [0.29, 0.717) is 35.9 Å². The van der Waals surface area contributed by atoms with Gasteiger partial charge in [-0.05, 0) is 95.9 Å². The molecule has 3 aromatic rings. The van der Waals surface area contributed by atoms with Crippen LogP contribution < -0.4 is 10.9 Å². The Balaban J connectivity index is 1.19. The first-order valence-electron chi connectivity index (χ1n) is 14.0. The van der Waals surface area contributed by atoms with E-state index in [2.05, 4.69) is 16.3 Å². The smallest absolute Gasteiger partial charge is 0.339 e. The van der Waals surface area contributed by atoms with Gasteiger partial charge in [-0.1, -0.05) is 6.42 Å². The highest BCUT2D eigenvalue weighted by Crippen LogP contribution is 2.38. The van der Waals surface area contributed by atoms with Crippen LogP contribution in [-0.2, 0) is 24.1 Å². The van der Waals surface area contributed by atoms with Crippen LogP contribution in [-0.4, -0.2) is 36.5 Å². The summed E-state index contributed by atoms with van der Waals surface area (Å²) in [5.74, 6) is 1.65. The molecule has 6 rings (SSSR count). The van der Waals surface area contributed by atoms with Gasteiger partial charge in [-0.25, -0.2) is 4.79 Å². The molecule has 0 saturated carbocycles. The minimum atomic E-state index is -0.336.